The molecule has 24 heavy (non-hydrogen) atoms. The van der Waals surface area contributed by atoms with E-state index in [0.29, 0.717) is 17.1 Å². The van der Waals surface area contributed by atoms with E-state index in [1.807, 2.05) is 6.07 Å². The van der Waals surface area contributed by atoms with E-state index in [4.69, 9.17) is 28.5 Å². The van der Waals surface area contributed by atoms with E-state index in [1.165, 1.54) is 6.07 Å². The van der Waals surface area contributed by atoms with Crippen LogP contribution in [0.3, 0.4) is 0 Å². The summed E-state index contributed by atoms with van der Waals surface area (Å²) in [6, 6.07) is 6.46. The van der Waals surface area contributed by atoms with Crippen molar-refractivity contribution in [2.75, 3.05) is 6.54 Å². The molecular weight excluding hydrogens is 349 g/mol. The predicted molar refractivity (Wildman–Crippen MR) is 92.9 cm³/mol. The van der Waals surface area contributed by atoms with Gasteiger partial charge < -0.3 is 10.6 Å². The van der Waals surface area contributed by atoms with E-state index in [1.54, 1.807) is 12.1 Å². The number of nitrogens with one attached hydrogen (secondary N) is 2. The SMILES string of the molecule is N#CCCNC(=O)[C@H]1CCCC[C@H]1NC(=O)c1ccc(Cl)cc1Cl. The van der Waals surface area contributed by atoms with Crippen LogP contribution < -0.4 is 10.6 Å². The Hall–Kier alpha value is -1.77. The van der Waals surface area contributed by atoms with Crippen LogP contribution in [0, 0.1) is 17.2 Å². The first kappa shape index (κ1) is 18.6. The number of hydrogen-bond donors (Lipinski definition) is 2. The number of halogens is 2. The third-order valence-electron chi connectivity index (χ3n) is 4.13. The first-order valence-corrected chi connectivity index (χ1v) is 8.69. The zero-order chi connectivity index (χ0) is 17.5. The quantitative estimate of drug-likeness (QED) is 0.783. The first-order valence-electron chi connectivity index (χ1n) is 7.93. The Labute approximate surface area is 151 Å². The summed E-state index contributed by atoms with van der Waals surface area (Å²) in [5.41, 5.74) is 0.343. The second kappa shape index (κ2) is 8.91. The molecule has 5 nitrogen and oxygen atoms in total. The Kier molecular flexibility index (Phi) is 6.89. The summed E-state index contributed by atoms with van der Waals surface area (Å²) >= 11 is 11.9. The van der Waals surface area contributed by atoms with Gasteiger partial charge in [-0.2, -0.15) is 5.26 Å². The topological polar surface area (TPSA) is 82.0 Å². The van der Waals surface area contributed by atoms with E-state index in [9.17, 15) is 9.59 Å². The lowest BCUT2D eigenvalue weighted by atomic mass is 9.83. The third-order valence-corrected chi connectivity index (χ3v) is 4.68. The van der Waals surface area contributed by atoms with Crippen LogP contribution in [0.4, 0.5) is 0 Å². The number of benzene rings is 1. The lowest BCUT2D eigenvalue weighted by Crippen LogP contribution is -2.48. The van der Waals surface area contributed by atoms with Gasteiger partial charge in [0.2, 0.25) is 5.91 Å². The van der Waals surface area contributed by atoms with Gasteiger partial charge in [0.25, 0.3) is 5.91 Å². The van der Waals surface area contributed by atoms with Crippen LogP contribution in [0.2, 0.25) is 10.0 Å². The van der Waals surface area contributed by atoms with Gasteiger partial charge >= 0.3 is 0 Å². The molecule has 2 amide bonds. The molecule has 2 rings (SSSR count). The standard InChI is InChI=1S/C17H19Cl2N3O2/c18-11-6-7-12(14(19)10-11)17(24)22-15-5-2-1-4-13(15)16(23)21-9-3-8-20/h6-7,10,13,15H,1-5,9H2,(H,21,23)(H,22,24)/t13-,15+/m0/s1. The van der Waals surface area contributed by atoms with Crippen molar-refractivity contribution in [3.8, 4) is 6.07 Å². The highest BCUT2D eigenvalue weighted by Gasteiger charge is 2.32. The summed E-state index contributed by atoms with van der Waals surface area (Å²) in [6.07, 6.45) is 3.65. The largest absolute Gasteiger partial charge is 0.355 e. The maximum absolute atomic E-state index is 12.5. The molecule has 1 aromatic carbocycles. The van der Waals surface area contributed by atoms with Crippen LogP contribution in [0.1, 0.15) is 42.5 Å². The Morgan fingerprint density at radius 3 is 2.71 bits per heavy atom. The molecule has 0 unspecified atom stereocenters. The van der Waals surface area contributed by atoms with Crippen molar-refractivity contribution in [1.82, 2.24) is 10.6 Å². The molecule has 128 valence electrons. The minimum absolute atomic E-state index is 0.113. The molecule has 0 spiro atoms. The Balaban J connectivity index is 2.03. The molecule has 0 aliphatic heterocycles. The van der Waals surface area contributed by atoms with Crippen LogP contribution in [0.5, 0.6) is 0 Å². The van der Waals surface area contributed by atoms with Crippen molar-refractivity contribution in [1.29, 1.82) is 5.26 Å². The smallest absolute Gasteiger partial charge is 0.253 e. The number of carbonyl (C=O) groups excluding carboxylic acids is 2. The van der Waals surface area contributed by atoms with Gasteiger partial charge in [0.05, 0.1) is 29.0 Å². The minimum atomic E-state index is -0.307. The lowest BCUT2D eigenvalue weighted by molar-refractivity contribution is -0.126. The van der Waals surface area contributed by atoms with Crippen LogP contribution >= 0.6 is 23.2 Å². The molecule has 2 N–H and O–H groups in total. The van der Waals surface area contributed by atoms with Gasteiger partial charge in [0, 0.05) is 17.6 Å². The van der Waals surface area contributed by atoms with Crippen LogP contribution in [0.15, 0.2) is 18.2 Å². The summed E-state index contributed by atoms with van der Waals surface area (Å²) in [6.45, 7) is 0.329. The zero-order valence-corrected chi connectivity index (χ0v) is 14.7. The van der Waals surface area contributed by atoms with Crippen molar-refractivity contribution in [2.24, 2.45) is 5.92 Å². The molecule has 0 radical (unpaired) electrons. The van der Waals surface area contributed by atoms with E-state index in [-0.39, 0.29) is 35.2 Å². The maximum atomic E-state index is 12.5. The van der Waals surface area contributed by atoms with Crippen molar-refractivity contribution < 1.29 is 9.59 Å². The fraction of sp³-hybridized carbons (Fsp3) is 0.471. The predicted octanol–water partition coefficient (Wildman–Crippen LogP) is 3.31. The molecule has 0 saturated heterocycles. The third kappa shape index (κ3) is 4.86. The molecule has 7 heteroatoms. The molecule has 0 heterocycles. The average Bonchev–Trinajstić information content (AvgIpc) is 2.55. The summed E-state index contributed by atoms with van der Waals surface area (Å²) in [7, 11) is 0. The van der Waals surface area contributed by atoms with E-state index in [0.717, 1.165) is 25.7 Å². The fourth-order valence-electron chi connectivity index (χ4n) is 2.91. The number of nitrogens with zero attached hydrogens (tertiary/aromatic N) is 1. The zero-order valence-electron chi connectivity index (χ0n) is 13.1. The van der Waals surface area contributed by atoms with Gasteiger partial charge in [0.15, 0.2) is 0 Å². The van der Waals surface area contributed by atoms with Gasteiger partial charge in [-0.25, -0.2) is 0 Å². The summed E-state index contributed by atoms with van der Waals surface area (Å²) in [5.74, 6) is -0.705. The molecule has 2 atom stereocenters. The molecule has 1 fully saturated rings. The van der Waals surface area contributed by atoms with Crippen molar-refractivity contribution >= 4 is 35.0 Å². The molecule has 1 aliphatic rings. The van der Waals surface area contributed by atoms with E-state index in [2.05, 4.69) is 10.6 Å². The number of rotatable bonds is 5. The highest BCUT2D eigenvalue weighted by molar-refractivity contribution is 6.36. The van der Waals surface area contributed by atoms with Crippen LogP contribution in [-0.4, -0.2) is 24.4 Å². The second-order valence-corrected chi connectivity index (χ2v) is 6.64. The normalized spacial score (nSPS) is 20.0. The highest BCUT2D eigenvalue weighted by Crippen LogP contribution is 2.26. The Bertz CT molecular complexity index is 658. The van der Waals surface area contributed by atoms with Crippen molar-refractivity contribution in [2.45, 2.75) is 38.1 Å². The molecule has 0 aromatic heterocycles. The summed E-state index contributed by atoms with van der Waals surface area (Å²) in [5, 5.41) is 15.0. The van der Waals surface area contributed by atoms with Crippen LogP contribution in [-0.2, 0) is 4.79 Å². The minimum Gasteiger partial charge on any atom is -0.355 e. The monoisotopic (exact) mass is 367 g/mol. The first-order chi connectivity index (χ1) is 11.5. The highest BCUT2D eigenvalue weighted by atomic mass is 35.5. The number of amides is 2. The fourth-order valence-corrected chi connectivity index (χ4v) is 3.40. The Morgan fingerprint density at radius 2 is 2.00 bits per heavy atom. The van der Waals surface area contributed by atoms with Crippen molar-refractivity contribution in [3.05, 3.63) is 33.8 Å². The summed E-state index contributed by atoms with van der Waals surface area (Å²) < 4.78 is 0. The number of carbonyl (C=O) groups is 2. The van der Waals surface area contributed by atoms with E-state index < -0.39 is 0 Å². The Morgan fingerprint density at radius 1 is 1.25 bits per heavy atom. The average molecular weight is 368 g/mol. The van der Waals surface area contributed by atoms with Gasteiger partial charge in [-0.05, 0) is 31.0 Å². The molecule has 1 aromatic rings. The van der Waals surface area contributed by atoms with Gasteiger partial charge in [0.1, 0.15) is 0 Å². The molecule has 1 saturated carbocycles. The molecule has 1 aliphatic carbocycles. The number of nitriles is 1. The van der Waals surface area contributed by atoms with Gasteiger partial charge in [-0.15, -0.1) is 0 Å². The van der Waals surface area contributed by atoms with E-state index >= 15 is 0 Å². The maximum Gasteiger partial charge on any atom is 0.253 e. The van der Waals surface area contributed by atoms with Gasteiger partial charge in [-0.3, -0.25) is 9.59 Å². The second-order valence-electron chi connectivity index (χ2n) is 5.79. The van der Waals surface area contributed by atoms with Crippen LogP contribution in [0.25, 0.3) is 0 Å². The van der Waals surface area contributed by atoms with Crippen molar-refractivity contribution in [3.63, 3.8) is 0 Å². The lowest BCUT2D eigenvalue weighted by Gasteiger charge is -2.31. The van der Waals surface area contributed by atoms with Gasteiger partial charge in [-0.1, -0.05) is 36.0 Å². The molecule has 0 bridgehead atoms. The summed E-state index contributed by atoms with van der Waals surface area (Å²) in [4.78, 5) is 24.8. The molecular formula is C17H19Cl2N3O2. The number of hydrogen-bond acceptors (Lipinski definition) is 3.